The molecule has 3 aromatic rings. The van der Waals surface area contributed by atoms with Crippen molar-refractivity contribution in [2.45, 2.75) is 6.04 Å². The summed E-state index contributed by atoms with van der Waals surface area (Å²) in [6, 6.07) is 14.0. The number of aryl methyl sites for hydroxylation is 1. The number of nitrogens with zero attached hydrogens (tertiary/aromatic N) is 3. The van der Waals surface area contributed by atoms with E-state index in [-0.39, 0.29) is 5.69 Å². The lowest BCUT2D eigenvalue weighted by Crippen LogP contribution is -2.49. The van der Waals surface area contributed by atoms with Crippen LogP contribution >= 0.6 is 0 Å². The number of ether oxygens (including phenoxy) is 1. The van der Waals surface area contributed by atoms with Crippen LogP contribution in [-0.2, 0) is 11.8 Å². The lowest BCUT2D eigenvalue weighted by molar-refractivity contribution is -0.143. The van der Waals surface area contributed by atoms with Crippen LogP contribution in [0, 0.1) is 0 Å². The summed E-state index contributed by atoms with van der Waals surface area (Å²) in [4.78, 5) is 28.5. The van der Waals surface area contributed by atoms with Crippen molar-refractivity contribution in [2.24, 2.45) is 7.05 Å². The SMILES string of the molecule is COc1ccc(N2CCN(C(C(=O)O)c3c(C(=O)O)n(C)c4ccccc34)CC2)cc1. The van der Waals surface area contributed by atoms with E-state index in [1.807, 2.05) is 41.3 Å². The maximum Gasteiger partial charge on any atom is 0.352 e. The van der Waals surface area contributed by atoms with Gasteiger partial charge in [0.2, 0.25) is 0 Å². The van der Waals surface area contributed by atoms with Crippen LogP contribution < -0.4 is 9.64 Å². The maximum atomic E-state index is 12.4. The predicted octanol–water partition coefficient (Wildman–Crippen LogP) is 2.83. The molecule has 1 fully saturated rings. The number of carboxylic acid groups (broad SMARTS) is 2. The number of carboxylic acids is 2. The Bertz CT molecular complexity index is 1110. The van der Waals surface area contributed by atoms with Crippen molar-refractivity contribution in [1.82, 2.24) is 9.47 Å². The van der Waals surface area contributed by atoms with Gasteiger partial charge in [-0.15, -0.1) is 0 Å². The molecule has 0 bridgehead atoms. The second-order valence-electron chi connectivity index (χ2n) is 7.61. The highest BCUT2D eigenvalue weighted by molar-refractivity contribution is 6.01. The summed E-state index contributed by atoms with van der Waals surface area (Å²) >= 11 is 0. The summed E-state index contributed by atoms with van der Waals surface area (Å²) in [5.41, 5.74) is 2.11. The molecule has 2 heterocycles. The van der Waals surface area contributed by atoms with Crippen LogP contribution in [0.4, 0.5) is 5.69 Å². The maximum absolute atomic E-state index is 12.4. The van der Waals surface area contributed by atoms with Crippen LogP contribution in [0.15, 0.2) is 48.5 Å². The second kappa shape index (κ2) is 8.31. The fourth-order valence-electron chi connectivity index (χ4n) is 4.45. The van der Waals surface area contributed by atoms with Crippen molar-refractivity contribution in [3.63, 3.8) is 0 Å². The molecule has 1 unspecified atom stereocenters. The highest BCUT2D eigenvalue weighted by Gasteiger charge is 2.36. The smallest absolute Gasteiger partial charge is 0.352 e. The minimum Gasteiger partial charge on any atom is -0.497 e. The van der Waals surface area contributed by atoms with Gasteiger partial charge in [0.05, 0.1) is 7.11 Å². The van der Waals surface area contributed by atoms with Crippen LogP contribution in [-0.4, -0.2) is 64.9 Å². The van der Waals surface area contributed by atoms with Gasteiger partial charge in [-0.25, -0.2) is 4.79 Å². The van der Waals surface area contributed by atoms with Crippen molar-refractivity contribution in [2.75, 3.05) is 38.2 Å². The molecule has 8 heteroatoms. The Morgan fingerprint density at radius 3 is 2.19 bits per heavy atom. The number of anilines is 1. The Morgan fingerprint density at radius 2 is 1.61 bits per heavy atom. The lowest BCUT2D eigenvalue weighted by Gasteiger charge is -2.39. The summed E-state index contributed by atoms with van der Waals surface area (Å²) < 4.78 is 6.77. The standard InChI is InChI=1S/C23H25N3O5/c1-24-18-6-4-3-5-17(18)19(20(24)22(27)28)21(23(29)30)26-13-11-25(12-14-26)15-7-9-16(31-2)10-8-15/h3-10,21H,11-14H2,1-2H3,(H,27,28)(H,29,30). The minimum absolute atomic E-state index is 0.0196. The molecule has 1 saturated heterocycles. The molecule has 0 spiro atoms. The van der Waals surface area contributed by atoms with Gasteiger partial charge in [-0.2, -0.15) is 0 Å². The number of carbonyl (C=O) groups is 2. The van der Waals surface area contributed by atoms with Gasteiger partial charge in [0.25, 0.3) is 0 Å². The van der Waals surface area contributed by atoms with E-state index in [1.54, 1.807) is 30.9 Å². The van der Waals surface area contributed by atoms with E-state index >= 15 is 0 Å². The Morgan fingerprint density at radius 1 is 0.968 bits per heavy atom. The van der Waals surface area contributed by atoms with E-state index in [1.165, 1.54) is 0 Å². The number of hydrogen-bond donors (Lipinski definition) is 2. The first-order valence-electron chi connectivity index (χ1n) is 10.1. The Labute approximate surface area is 179 Å². The third-order valence-electron chi connectivity index (χ3n) is 5.97. The highest BCUT2D eigenvalue weighted by atomic mass is 16.5. The molecule has 1 aliphatic rings. The van der Waals surface area contributed by atoms with E-state index in [4.69, 9.17) is 4.74 Å². The summed E-state index contributed by atoms with van der Waals surface area (Å²) in [6.07, 6.45) is 0. The van der Waals surface area contributed by atoms with Crippen LogP contribution in [0.1, 0.15) is 22.1 Å². The largest absolute Gasteiger partial charge is 0.497 e. The van der Waals surface area contributed by atoms with Gasteiger partial charge in [0.15, 0.2) is 0 Å². The molecule has 162 valence electrons. The van der Waals surface area contributed by atoms with Crippen molar-refractivity contribution in [3.8, 4) is 5.75 Å². The van der Waals surface area contributed by atoms with Gasteiger partial charge in [-0.1, -0.05) is 18.2 Å². The van der Waals surface area contributed by atoms with Crippen molar-refractivity contribution in [1.29, 1.82) is 0 Å². The van der Waals surface area contributed by atoms with Gasteiger partial charge < -0.3 is 24.4 Å². The summed E-state index contributed by atoms with van der Waals surface area (Å²) in [5, 5.41) is 20.6. The molecule has 4 rings (SSSR count). The summed E-state index contributed by atoms with van der Waals surface area (Å²) in [7, 11) is 3.29. The third kappa shape index (κ3) is 3.70. The number of para-hydroxylation sites is 1. The van der Waals surface area contributed by atoms with Gasteiger partial charge in [0, 0.05) is 55.4 Å². The van der Waals surface area contributed by atoms with Crippen molar-refractivity contribution < 1.29 is 24.5 Å². The number of rotatable bonds is 6. The van der Waals surface area contributed by atoms with Gasteiger partial charge in [0.1, 0.15) is 17.5 Å². The molecule has 1 atom stereocenters. The number of hydrogen-bond acceptors (Lipinski definition) is 5. The van der Waals surface area contributed by atoms with Crippen LogP contribution in [0.25, 0.3) is 10.9 Å². The van der Waals surface area contributed by atoms with E-state index in [9.17, 15) is 19.8 Å². The first kappa shape index (κ1) is 20.7. The van der Waals surface area contributed by atoms with E-state index < -0.39 is 18.0 Å². The number of aromatic carboxylic acids is 1. The number of benzene rings is 2. The predicted molar refractivity (Wildman–Crippen MR) is 117 cm³/mol. The Hall–Kier alpha value is -3.52. The highest BCUT2D eigenvalue weighted by Crippen LogP contribution is 2.35. The molecular formula is C23H25N3O5. The lowest BCUT2D eigenvalue weighted by atomic mass is 10.00. The normalized spacial score (nSPS) is 15.7. The zero-order chi connectivity index (χ0) is 22.1. The molecule has 8 nitrogen and oxygen atoms in total. The first-order chi connectivity index (χ1) is 14.9. The average Bonchev–Trinajstić information content (AvgIpc) is 3.07. The molecule has 0 saturated carbocycles. The molecular weight excluding hydrogens is 398 g/mol. The van der Waals surface area contributed by atoms with E-state index in [2.05, 4.69) is 4.90 Å². The zero-order valence-electron chi connectivity index (χ0n) is 17.5. The Kier molecular flexibility index (Phi) is 5.56. The fraction of sp³-hybridized carbons (Fsp3) is 0.304. The topological polar surface area (TPSA) is 95.2 Å². The molecule has 0 aliphatic carbocycles. The molecule has 1 aliphatic heterocycles. The number of methoxy groups -OCH3 is 1. The zero-order valence-corrected chi connectivity index (χ0v) is 17.5. The molecule has 31 heavy (non-hydrogen) atoms. The number of aliphatic carboxylic acids is 1. The van der Waals surface area contributed by atoms with E-state index in [0.29, 0.717) is 42.6 Å². The van der Waals surface area contributed by atoms with E-state index in [0.717, 1.165) is 11.4 Å². The number of piperazine rings is 1. The summed E-state index contributed by atoms with van der Waals surface area (Å²) in [6.45, 7) is 2.29. The van der Waals surface area contributed by atoms with Crippen LogP contribution in [0.5, 0.6) is 5.75 Å². The average molecular weight is 423 g/mol. The second-order valence-corrected chi connectivity index (χ2v) is 7.61. The summed E-state index contributed by atoms with van der Waals surface area (Å²) in [5.74, 6) is -1.39. The van der Waals surface area contributed by atoms with Crippen molar-refractivity contribution in [3.05, 3.63) is 59.8 Å². The Balaban J connectivity index is 1.65. The quantitative estimate of drug-likeness (QED) is 0.629. The molecule has 2 N–H and O–H groups in total. The molecule has 1 aromatic heterocycles. The van der Waals surface area contributed by atoms with Crippen molar-refractivity contribution >= 4 is 28.5 Å². The minimum atomic E-state index is -1.13. The van der Waals surface area contributed by atoms with Crippen LogP contribution in [0.2, 0.25) is 0 Å². The fourth-order valence-corrected chi connectivity index (χ4v) is 4.45. The number of aromatic nitrogens is 1. The molecule has 0 radical (unpaired) electrons. The third-order valence-corrected chi connectivity index (χ3v) is 5.97. The van der Waals surface area contributed by atoms with Crippen LogP contribution in [0.3, 0.4) is 0 Å². The number of fused-ring (bicyclic) bond motifs is 1. The first-order valence-corrected chi connectivity index (χ1v) is 10.1. The van der Waals surface area contributed by atoms with Gasteiger partial charge in [-0.05, 0) is 30.3 Å². The van der Waals surface area contributed by atoms with Gasteiger partial charge >= 0.3 is 11.9 Å². The molecule has 0 amide bonds. The monoisotopic (exact) mass is 423 g/mol. The van der Waals surface area contributed by atoms with Gasteiger partial charge in [-0.3, -0.25) is 9.69 Å². The molecule has 2 aromatic carbocycles.